The molecule has 1 fully saturated rings. The van der Waals surface area contributed by atoms with E-state index >= 15 is 0 Å². The fourth-order valence-corrected chi connectivity index (χ4v) is 3.03. The number of alkyl halides is 3. The van der Waals surface area contributed by atoms with E-state index in [1.54, 1.807) is 12.1 Å². The maximum atomic E-state index is 13.6. The monoisotopic (exact) mass is 422 g/mol. The maximum Gasteiger partial charge on any atom is 0.408 e. The zero-order chi connectivity index (χ0) is 17.7. The summed E-state index contributed by atoms with van der Waals surface area (Å²) in [6.45, 7) is 2.31. The van der Waals surface area contributed by atoms with Crippen molar-refractivity contribution in [1.82, 2.24) is 10.2 Å². The van der Waals surface area contributed by atoms with Gasteiger partial charge < -0.3 is 10.1 Å². The van der Waals surface area contributed by atoms with Gasteiger partial charge in [0.05, 0.1) is 0 Å². The van der Waals surface area contributed by atoms with E-state index in [4.69, 9.17) is 4.74 Å². The summed E-state index contributed by atoms with van der Waals surface area (Å²) in [4.78, 5) is 1.48. The summed E-state index contributed by atoms with van der Waals surface area (Å²) in [6, 6.07) is 14.3. The summed E-state index contributed by atoms with van der Waals surface area (Å²) >= 11 is 0. The lowest BCUT2D eigenvalue weighted by atomic mass is 10.0. The van der Waals surface area contributed by atoms with Crippen molar-refractivity contribution in [2.24, 2.45) is 0 Å². The van der Waals surface area contributed by atoms with Gasteiger partial charge in [0.25, 0.3) is 0 Å². The number of halogens is 5. The zero-order valence-corrected chi connectivity index (χ0v) is 16.2. The van der Waals surface area contributed by atoms with Crippen LogP contribution in [0.5, 0.6) is 5.75 Å². The van der Waals surface area contributed by atoms with Crippen molar-refractivity contribution in [3.8, 4) is 5.75 Å². The number of piperazine rings is 1. The maximum absolute atomic E-state index is 13.6. The van der Waals surface area contributed by atoms with Gasteiger partial charge in [-0.05, 0) is 23.3 Å². The molecule has 0 aromatic heterocycles. The molecule has 0 unspecified atom stereocenters. The van der Waals surface area contributed by atoms with Gasteiger partial charge in [0.1, 0.15) is 18.4 Å². The van der Waals surface area contributed by atoms with Crippen LogP contribution >= 0.6 is 24.8 Å². The van der Waals surface area contributed by atoms with Crippen LogP contribution in [0.15, 0.2) is 54.6 Å². The summed E-state index contributed by atoms with van der Waals surface area (Å²) in [5.74, 6) is 0.564. The van der Waals surface area contributed by atoms with Gasteiger partial charge >= 0.3 is 6.18 Å². The molecule has 0 bridgehead atoms. The number of nitrogens with zero attached hydrogens (tertiary/aromatic N) is 1. The Kier molecular flexibility index (Phi) is 9.39. The molecular weight excluding hydrogens is 400 g/mol. The van der Waals surface area contributed by atoms with Gasteiger partial charge in [-0.2, -0.15) is 13.2 Å². The van der Waals surface area contributed by atoms with Gasteiger partial charge in [0, 0.05) is 26.2 Å². The van der Waals surface area contributed by atoms with Crippen LogP contribution in [0.2, 0.25) is 0 Å². The second-order valence-corrected chi connectivity index (χ2v) is 6.07. The molecule has 8 heteroatoms. The van der Waals surface area contributed by atoms with E-state index in [9.17, 15) is 13.2 Å². The molecule has 1 aliphatic heterocycles. The van der Waals surface area contributed by atoms with Crippen LogP contribution in [0.3, 0.4) is 0 Å². The molecule has 1 aliphatic rings. The quantitative estimate of drug-likeness (QED) is 0.760. The average Bonchev–Trinajstić information content (AvgIpc) is 2.62. The lowest BCUT2D eigenvalue weighted by Gasteiger charge is -2.36. The summed E-state index contributed by atoms with van der Waals surface area (Å²) in [5.41, 5.74) is 1.27. The smallest absolute Gasteiger partial charge is 0.408 e. The van der Waals surface area contributed by atoms with Crippen LogP contribution < -0.4 is 10.1 Å². The molecule has 0 spiro atoms. The number of benzene rings is 2. The first-order valence-corrected chi connectivity index (χ1v) is 8.32. The van der Waals surface area contributed by atoms with Crippen LogP contribution in [0.25, 0.3) is 0 Å². The van der Waals surface area contributed by atoms with Crippen molar-refractivity contribution in [3.05, 3.63) is 65.7 Å². The standard InChI is InChI=1S/C19H21F3N2O.2ClH/c20-19(21,22)18(24-12-10-23-11-13-24)16-6-8-17(9-7-16)25-14-15-4-2-1-3-5-15;;/h1-9,18,23H,10-14H2;2*1H/t18-;;/m1../s1. The summed E-state index contributed by atoms with van der Waals surface area (Å²) in [6.07, 6.45) is -4.30. The van der Waals surface area contributed by atoms with E-state index in [1.807, 2.05) is 30.3 Å². The van der Waals surface area contributed by atoms with Crippen LogP contribution in [0.1, 0.15) is 17.2 Å². The second-order valence-electron chi connectivity index (χ2n) is 6.07. The summed E-state index contributed by atoms with van der Waals surface area (Å²) < 4.78 is 46.4. The fourth-order valence-electron chi connectivity index (χ4n) is 3.03. The van der Waals surface area contributed by atoms with Crippen molar-refractivity contribution in [2.75, 3.05) is 26.2 Å². The minimum atomic E-state index is -4.30. The van der Waals surface area contributed by atoms with Crippen molar-refractivity contribution >= 4 is 24.8 Å². The molecule has 150 valence electrons. The Labute approximate surface area is 169 Å². The Morgan fingerprint density at radius 3 is 2.07 bits per heavy atom. The second kappa shape index (κ2) is 10.8. The highest BCUT2D eigenvalue weighted by Gasteiger charge is 2.44. The molecule has 3 nitrogen and oxygen atoms in total. The van der Waals surface area contributed by atoms with E-state index in [0.717, 1.165) is 5.56 Å². The summed E-state index contributed by atoms with van der Waals surface area (Å²) in [5, 5.41) is 3.08. The van der Waals surface area contributed by atoms with E-state index < -0.39 is 12.2 Å². The lowest BCUT2D eigenvalue weighted by Crippen LogP contribution is -2.49. The van der Waals surface area contributed by atoms with Crippen LogP contribution in [-0.2, 0) is 6.61 Å². The summed E-state index contributed by atoms with van der Waals surface area (Å²) in [7, 11) is 0. The highest BCUT2D eigenvalue weighted by molar-refractivity contribution is 5.85. The van der Waals surface area contributed by atoms with Gasteiger partial charge in [-0.1, -0.05) is 42.5 Å². The molecule has 0 amide bonds. The fraction of sp³-hybridized carbons (Fsp3) is 0.368. The molecule has 0 radical (unpaired) electrons. The van der Waals surface area contributed by atoms with Crippen LogP contribution in [0, 0.1) is 0 Å². The number of hydrogen-bond acceptors (Lipinski definition) is 3. The normalized spacial score (nSPS) is 16.0. The first-order valence-electron chi connectivity index (χ1n) is 8.32. The van der Waals surface area contributed by atoms with Crippen LogP contribution in [0.4, 0.5) is 13.2 Å². The zero-order valence-electron chi connectivity index (χ0n) is 14.6. The highest BCUT2D eigenvalue weighted by Crippen LogP contribution is 2.38. The molecule has 1 atom stereocenters. The number of rotatable bonds is 5. The minimum absolute atomic E-state index is 0. The van der Waals surface area contributed by atoms with Gasteiger partial charge in [-0.15, -0.1) is 24.8 Å². The third-order valence-corrected chi connectivity index (χ3v) is 4.27. The first kappa shape index (κ1) is 23.6. The van der Waals surface area contributed by atoms with Crippen molar-refractivity contribution < 1.29 is 17.9 Å². The Balaban J connectivity index is 0.00000182. The molecular formula is C19H23Cl2F3N2O. The molecule has 0 saturated carbocycles. The molecule has 1 heterocycles. The average molecular weight is 423 g/mol. The number of nitrogens with one attached hydrogen (secondary N) is 1. The van der Waals surface area contributed by atoms with Gasteiger partial charge in [0.2, 0.25) is 0 Å². The SMILES string of the molecule is Cl.Cl.FC(F)(F)[C@@H](c1ccc(OCc2ccccc2)cc1)N1CCNCC1. The van der Waals surface area contributed by atoms with Gasteiger partial charge in [-0.25, -0.2) is 0 Å². The van der Waals surface area contributed by atoms with Crippen molar-refractivity contribution in [3.63, 3.8) is 0 Å². The van der Waals surface area contributed by atoms with E-state index in [-0.39, 0.29) is 30.4 Å². The molecule has 0 aliphatic carbocycles. The Hall–Kier alpha value is -1.47. The predicted molar refractivity (Wildman–Crippen MR) is 105 cm³/mol. The van der Waals surface area contributed by atoms with Gasteiger partial charge in [-0.3, -0.25) is 4.90 Å². The first-order chi connectivity index (χ1) is 12.0. The Morgan fingerprint density at radius 2 is 1.52 bits per heavy atom. The van der Waals surface area contributed by atoms with E-state index in [2.05, 4.69) is 5.32 Å². The minimum Gasteiger partial charge on any atom is -0.489 e. The Bertz CT molecular complexity index is 663. The molecule has 2 aromatic carbocycles. The predicted octanol–water partition coefficient (Wildman–Crippen LogP) is 4.62. The molecule has 1 N–H and O–H groups in total. The molecule has 2 aromatic rings. The van der Waals surface area contributed by atoms with Crippen LogP contribution in [-0.4, -0.2) is 37.3 Å². The van der Waals surface area contributed by atoms with Crippen molar-refractivity contribution in [1.29, 1.82) is 0 Å². The molecule has 3 rings (SSSR count). The van der Waals surface area contributed by atoms with E-state index in [0.29, 0.717) is 38.5 Å². The van der Waals surface area contributed by atoms with E-state index in [1.165, 1.54) is 17.0 Å². The number of hydrogen-bond donors (Lipinski definition) is 1. The third kappa shape index (κ3) is 6.57. The van der Waals surface area contributed by atoms with Crippen molar-refractivity contribution in [2.45, 2.75) is 18.8 Å². The lowest BCUT2D eigenvalue weighted by molar-refractivity contribution is -0.187. The Morgan fingerprint density at radius 1 is 0.926 bits per heavy atom. The topological polar surface area (TPSA) is 24.5 Å². The third-order valence-electron chi connectivity index (χ3n) is 4.27. The molecule has 1 saturated heterocycles. The molecule has 27 heavy (non-hydrogen) atoms. The number of ether oxygens (including phenoxy) is 1. The largest absolute Gasteiger partial charge is 0.489 e. The highest BCUT2D eigenvalue weighted by atomic mass is 35.5. The van der Waals surface area contributed by atoms with Gasteiger partial charge in [0.15, 0.2) is 0 Å².